The number of nitrogens with zero attached hydrogens (tertiary/aromatic N) is 3. The van der Waals surface area contributed by atoms with Crippen LogP contribution < -0.4 is 5.32 Å². The molecule has 0 radical (unpaired) electrons. The molecule has 1 N–H and O–H groups in total. The molecule has 18 heavy (non-hydrogen) atoms. The minimum Gasteiger partial charge on any atom is -0.383 e. The molecule has 0 bridgehead atoms. The molecule has 0 atom stereocenters. The molecule has 0 saturated heterocycles. The molecule has 0 aromatic carbocycles. The van der Waals surface area contributed by atoms with Crippen molar-refractivity contribution in [3.63, 3.8) is 0 Å². The Bertz CT molecular complexity index is 533. The van der Waals surface area contributed by atoms with Gasteiger partial charge in [-0.15, -0.1) is 0 Å². The van der Waals surface area contributed by atoms with E-state index in [4.69, 9.17) is 4.74 Å². The molecule has 0 amide bonds. The SMILES string of the molecule is COCCNCc1nc2cccnc2n1C1CC1. The number of fused-ring (bicyclic) bond motifs is 1. The van der Waals surface area contributed by atoms with E-state index in [0.29, 0.717) is 6.04 Å². The number of nitrogens with one attached hydrogen (secondary N) is 1. The predicted molar refractivity (Wildman–Crippen MR) is 69.4 cm³/mol. The minimum absolute atomic E-state index is 0.601. The standard InChI is InChI=1S/C13H18N4O/c1-18-8-7-14-9-12-16-11-3-2-6-15-13(11)17(12)10-4-5-10/h2-3,6,10,14H,4-5,7-9H2,1H3. The summed E-state index contributed by atoms with van der Waals surface area (Å²) in [6.45, 7) is 2.34. The molecule has 1 aliphatic rings. The molecule has 0 aliphatic heterocycles. The molecular formula is C13H18N4O. The van der Waals surface area contributed by atoms with E-state index in [0.717, 1.165) is 36.7 Å². The summed E-state index contributed by atoms with van der Waals surface area (Å²) < 4.78 is 7.31. The smallest absolute Gasteiger partial charge is 0.160 e. The predicted octanol–water partition coefficient (Wildman–Crippen LogP) is 1.50. The van der Waals surface area contributed by atoms with Gasteiger partial charge in [0.15, 0.2) is 5.65 Å². The third kappa shape index (κ3) is 2.23. The van der Waals surface area contributed by atoms with Gasteiger partial charge in [0.25, 0.3) is 0 Å². The average Bonchev–Trinajstić information content (AvgIpc) is 3.16. The summed E-state index contributed by atoms with van der Waals surface area (Å²) in [7, 11) is 1.71. The summed E-state index contributed by atoms with van der Waals surface area (Å²) in [6, 6.07) is 4.57. The Morgan fingerprint density at radius 3 is 3.17 bits per heavy atom. The van der Waals surface area contributed by atoms with Gasteiger partial charge in [0, 0.05) is 25.9 Å². The number of methoxy groups -OCH3 is 1. The topological polar surface area (TPSA) is 52.0 Å². The van der Waals surface area contributed by atoms with Gasteiger partial charge < -0.3 is 14.6 Å². The second kappa shape index (κ2) is 5.04. The molecule has 2 aromatic rings. The van der Waals surface area contributed by atoms with E-state index >= 15 is 0 Å². The van der Waals surface area contributed by atoms with Crippen molar-refractivity contribution in [1.82, 2.24) is 19.9 Å². The summed E-state index contributed by atoms with van der Waals surface area (Å²) in [5, 5.41) is 3.35. The van der Waals surface area contributed by atoms with Gasteiger partial charge in [-0.3, -0.25) is 0 Å². The van der Waals surface area contributed by atoms with Gasteiger partial charge in [-0.1, -0.05) is 0 Å². The molecule has 2 heterocycles. The first-order chi connectivity index (χ1) is 8.90. The van der Waals surface area contributed by atoms with Crippen LogP contribution in [0.4, 0.5) is 0 Å². The Balaban J connectivity index is 1.83. The molecule has 5 nitrogen and oxygen atoms in total. The third-order valence-electron chi connectivity index (χ3n) is 3.20. The zero-order valence-electron chi connectivity index (χ0n) is 10.6. The van der Waals surface area contributed by atoms with Crippen molar-refractivity contribution in [2.75, 3.05) is 20.3 Å². The van der Waals surface area contributed by atoms with Crippen LogP contribution >= 0.6 is 0 Å². The number of rotatable bonds is 6. The van der Waals surface area contributed by atoms with Crippen molar-refractivity contribution in [1.29, 1.82) is 0 Å². The summed E-state index contributed by atoms with van der Waals surface area (Å²) in [4.78, 5) is 9.12. The van der Waals surface area contributed by atoms with Gasteiger partial charge in [-0.05, 0) is 25.0 Å². The Morgan fingerprint density at radius 2 is 2.39 bits per heavy atom. The fourth-order valence-electron chi connectivity index (χ4n) is 2.19. The highest BCUT2D eigenvalue weighted by atomic mass is 16.5. The molecular weight excluding hydrogens is 228 g/mol. The Kier molecular flexibility index (Phi) is 3.25. The molecule has 0 spiro atoms. The van der Waals surface area contributed by atoms with Crippen molar-refractivity contribution in [3.8, 4) is 0 Å². The highest BCUT2D eigenvalue weighted by molar-refractivity contribution is 5.71. The molecule has 0 unspecified atom stereocenters. The highest BCUT2D eigenvalue weighted by Gasteiger charge is 2.28. The van der Waals surface area contributed by atoms with Gasteiger partial charge in [0.05, 0.1) is 13.2 Å². The van der Waals surface area contributed by atoms with Gasteiger partial charge in [0.2, 0.25) is 0 Å². The van der Waals surface area contributed by atoms with Crippen molar-refractivity contribution in [2.24, 2.45) is 0 Å². The van der Waals surface area contributed by atoms with Crippen molar-refractivity contribution in [2.45, 2.75) is 25.4 Å². The average molecular weight is 246 g/mol. The second-order valence-electron chi connectivity index (χ2n) is 4.64. The number of pyridine rings is 1. The van der Waals surface area contributed by atoms with Crippen LogP contribution in [-0.2, 0) is 11.3 Å². The van der Waals surface area contributed by atoms with Crippen LogP contribution in [0.5, 0.6) is 0 Å². The van der Waals surface area contributed by atoms with E-state index in [1.54, 1.807) is 7.11 Å². The van der Waals surface area contributed by atoms with Crippen molar-refractivity contribution in [3.05, 3.63) is 24.2 Å². The number of hydrogen-bond acceptors (Lipinski definition) is 4. The summed E-state index contributed by atoms with van der Waals surface area (Å²) in [6.07, 6.45) is 4.32. The molecule has 3 rings (SSSR count). The lowest BCUT2D eigenvalue weighted by Gasteiger charge is -2.07. The molecule has 5 heteroatoms. The van der Waals surface area contributed by atoms with E-state index in [-0.39, 0.29) is 0 Å². The number of hydrogen-bond donors (Lipinski definition) is 1. The van der Waals surface area contributed by atoms with Crippen LogP contribution in [0.3, 0.4) is 0 Å². The molecule has 1 fully saturated rings. The van der Waals surface area contributed by atoms with Crippen LogP contribution in [0.25, 0.3) is 11.2 Å². The highest BCUT2D eigenvalue weighted by Crippen LogP contribution is 2.38. The number of ether oxygens (including phenoxy) is 1. The molecule has 2 aromatic heterocycles. The zero-order chi connectivity index (χ0) is 12.4. The Morgan fingerprint density at radius 1 is 1.50 bits per heavy atom. The summed E-state index contributed by atoms with van der Waals surface area (Å²) in [5.74, 6) is 1.09. The third-order valence-corrected chi connectivity index (χ3v) is 3.20. The molecule has 1 saturated carbocycles. The largest absolute Gasteiger partial charge is 0.383 e. The quantitative estimate of drug-likeness (QED) is 0.785. The van der Waals surface area contributed by atoms with Gasteiger partial charge in [-0.25, -0.2) is 9.97 Å². The van der Waals surface area contributed by atoms with Gasteiger partial charge in [0.1, 0.15) is 11.3 Å². The van der Waals surface area contributed by atoms with Crippen molar-refractivity contribution < 1.29 is 4.74 Å². The summed E-state index contributed by atoms with van der Waals surface area (Å²) in [5.41, 5.74) is 2.01. The van der Waals surface area contributed by atoms with Crippen LogP contribution in [0.1, 0.15) is 24.7 Å². The van der Waals surface area contributed by atoms with E-state index in [2.05, 4.69) is 19.9 Å². The van der Waals surface area contributed by atoms with E-state index in [1.807, 2.05) is 18.3 Å². The Labute approximate surface area is 106 Å². The maximum atomic E-state index is 5.03. The van der Waals surface area contributed by atoms with Crippen LogP contribution in [-0.4, -0.2) is 34.8 Å². The lowest BCUT2D eigenvalue weighted by atomic mass is 10.4. The fourth-order valence-corrected chi connectivity index (χ4v) is 2.19. The molecule has 1 aliphatic carbocycles. The maximum Gasteiger partial charge on any atom is 0.160 e. The van der Waals surface area contributed by atoms with Gasteiger partial charge in [-0.2, -0.15) is 0 Å². The van der Waals surface area contributed by atoms with Gasteiger partial charge >= 0.3 is 0 Å². The van der Waals surface area contributed by atoms with E-state index in [1.165, 1.54) is 12.8 Å². The first-order valence-electron chi connectivity index (χ1n) is 6.41. The normalized spacial score (nSPS) is 15.4. The summed E-state index contributed by atoms with van der Waals surface area (Å²) >= 11 is 0. The van der Waals surface area contributed by atoms with E-state index < -0.39 is 0 Å². The lowest BCUT2D eigenvalue weighted by molar-refractivity contribution is 0.199. The number of aromatic nitrogens is 3. The minimum atomic E-state index is 0.601. The number of imidazole rings is 1. The monoisotopic (exact) mass is 246 g/mol. The van der Waals surface area contributed by atoms with E-state index in [9.17, 15) is 0 Å². The zero-order valence-corrected chi connectivity index (χ0v) is 10.6. The van der Waals surface area contributed by atoms with Crippen LogP contribution in [0.15, 0.2) is 18.3 Å². The van der Waals surface area contributed by atoms with Crippen LogP contribution in [0.2, 0.25) is 0 Å². The first-order valence-corrected chi connectivity index (χ1v) is 6.41. The second-order valence-corrected chi connectivity index (χ2v) is 4.64. The molecule has 96 valence electrons. The lowest BCUT2D eigenvalue weighted by Crippen LogP contribution is -2.21. The first kappa shape index (κ1) is 11.6. The Hall–Kier alpha value is -1.46. The fraction of sp³-hybridized carbons (Fsp3) is 0.538. The maximum absolute atomic E-state index is 5.03. The van der Waals surface area contributed by atoms with Crippen LogP contribution in [0, 0.1) is 0 Å². The van der Waals surface area contributed by atoms with Crippen molar-refractivity contribution >= 4 is 11.2 Å².